The van der Waals surface area contributed by atoms with Gasteiger partial charge in [-0.25, -0.2) is 18.4 Å². The van der Waals surface area contributed by atoms with E-state index < -0.39 is 9.84 Å². The van der Waals surface area contributed by atoms with E-state index in [0.717, 1.165) is 49.2 Å². The SMILES string of the molecule is CCCn1c(CC2CCCS(=O)(=O)C2)nc2cccnc21. The molecule has 0 spiro atoms. The third-order valence-electron chi connectivity index (χ3n) is 4.06. The van der Waals surface area contributed by atoms with Gasteiger partial charge < -0.3 is 4.57 Å². The molecule has 6 heteroatoms. The average Bonchev–Trinajstić information content (AvgIpc) is 2.76. The molecule has 1 aliphatic heterocycles. The van der Waals surface area contributed by atoms with E-state index in [1.165, 1.54) is 0 Å². The van der Waals surface area contributed by atoms with Crippen LogP contribution >= 0.6 is 0 Å². The fourth-order valence-electron chi connectivity index (χ4n) is 3.16. The van der Waals surface area contributed by atoms with Crippen molar-refractivity contribution >= 4 is 21.0 Å². The van der Waals surface area contributed by atoms with Gasteiger partial charge >= 0.3 is 0 Å². The number of imidazole rings is 1. The standard InChI is InChI=1S/C15H21N3O2S/c1-2-8-18-14(17-13-6-3-7-16-15(13)18)10-12-5-4-9-21(19,20)11-12/h3,6-7,12H,2,4-5,8-11H2,1H3. The molecule has 21 heavy (non-hydrogen) atoms. The minimum Gasteiger partial charge on any atom is -0.313 e. The molecule has 0 aliphatic carbocycles. The molecule has 1 aliphatic rings. The predicted octanol–water partition coefficient (Wildman–Crippen LogP) is 2.21. The summed E-state index contributed by atoms with van der Waals surface area (Å²) in [6.07, 6.45) is 5.28. The van der Waals surface area contributed by atoms with Crippen molar-refractivity contribution in [2.75, 3.05) is 11.5 Å². The molecule has 0 amide bonds. The van der Waals surface area contributed by atoms with Crippen LogP contribution in [0.1, 0.15) is 32.0 Å². The molecule has 2 aromatic rings. The molecule has 0 N–H and O–H groups in total. The Kier molecular flexibility index (Phi) is 3.97. The highest BCUT2D eigenvalue weighted by atomic mass is 32.2. The van der Waals surface area contributed by atoms with Crippen LogP contribution in [-0.2, 0) is 22.8 Å². The molecule has 1 unspecified atom stereocenters. The summed E-state index contributed by atoms with van der Waals surface area (Å²) in [4.78, 5) is 9.10. The Balaban J connectivity index is 1.91. The lowest BCUT2D eigenvalue weighted by Crippen LogP contribution is -2.27. The van der Waals surface area contributed by atoms with Crippen molar-refractivity contribution in [2.24, 2.45) is 5.92 Å². The van der Waals surface area contributed by atoms with Crippen molar-refractivity contribution in [3.05, 3.63) is 24.2 Å². The maximum Gasteiger partial charge on any atom is 0.159 e. The fraction of sp³-hybridized carbons (Fsp3) is 0.600. The quantitative estimate of drug-likeness (QED) is 0.868. The summed E-state index contributed by atoms with van der Waals surface area (Å²) in [7, 11) is -2.86. The van der Waals surface area contributed by atoms with Crippen LogP contribution in [0.2, 0.25) is 0 Å². The Morgan fingerprint density at radius 2 is 2.29 bits per heavy atom. The second-order valence-electron chi connectivity index (χ2n) is 5.85. The van der Waals surface area contributed by atoms with Crippen molar-refractivity contribution in [1.29, 1.82) is 0 Å². The lowest BCUT2D eigenvalue weighted by Gasteiger charge is -2.21. The lowest BCUT2D eigenvalue weighted by molar-refractivity contribution is 0.466. The highest BCUT2D eigenvalue weighted by molar-refractivity contribution is 7.91. The number of hydrogen-bond acceptors (Lipinski definition) is 4. The number of nitrogens with zero attached hydrogens (tertiary/aromatic N) is 3. The van der Waals surface area contributed by atoms with Gasteiger partial charge in [-0.3, -0.25) is 0 Å². The first-order valence-corrected chi connectivity index (χ1v) is 9.42. The summed E-state index contributed by atoms with van der Waals surface area (Å²) in [6, 6.07) is 3.86. The zero-order valence-electron chi connectivity index (χ0n) is 12.3. The van der Waals surface area contributed by atoms with Gasteiger partial charge in [0.2, 0.25) is 0 Å². The van der Waals surface area contributed by atoms with E-state index in [2.05, 4.69) is 21.5 Å². The number of aryl methyl sites for hydroxylation is 1. The van der Waals surface area contributed by atoms with E-state index in [-0.39, 0.29) is 5.92 Å². The van der Waals surface area contributed by atoms with Crippen molar-refractivity contribution in [2.45, 2.75) is 39.2 Å². The molecular formula is C15H21N3O2S. The summed E-state index contributed by atoms with van der Waals surface area (Å²) in [5, 5.41) is 0. The summed E-state index contributed by atoms with van der Waals surface area (Å²) in [6.45, 7) is 3.01. The molecule has 3 heterocycles. The van der Waals surface area contributed by atoms with Crippen LogP contribution in [-0.4, -0.2) is 34.5 Å². The van der Waals surface area contributed by atoms with E-state index in [4.69, 9.17) is 0 Å². The second-order valence-corrected chi connectivity index (χ2v) is 8.08. The second kappa shape index (κ2) is 5.75. The van der Waals surface area contributed by atoms with Crippen molar-refractivity contribution in [1.82, 2.24) is 14.5 Å². The Hall–Kier alpha value is -1.43. The monoisotopic (exact) mass is 307 g/mol. The van der Waals surface area contributed by atoms with Gasteiger partial charge in [0.25, 0.3) is 0 Å². The normalized spacial score (nSPS) is 21.7. The van der Waals surface area contributed by atoms with Crippen LogP contribution < -0.4 is 0 Å². The van der Waals surface area contributed by atoms with E-state index >= 15 is 0 Å². The van der Waals surface area contributed by atoms with Crippen molar-refractivity contribution in [3.63, 3.8) is 0 Å². The molecule has 1 atom stereocenters. The highest BCUT2D eigenvalue weighted by Gasteiger charge is 2.26. The summed E-state index contributed by atoms with van der Waals surface area (Å²) < 4.78 is 25.7. The smallest absolute Gasteiger partial charge is 0.159 e. The summed E-state index contributed by atoms with van der Waals surface area (Å²) in [5.41, 5.74) is 1.81. The predicted molar refractivity (Wildman–Crippen MR) is 82.9 cm³/mol. The van der Waals surface area contributed by atoms with Gasteiger partial charge in [0, 0.05) is 19.2 Å². The van der Waals surface area contributed by atoms with Gasteiger partial charge in [0.15, 0.2) is 15.5 Å². The van der Waals surface area contributed by atoms with Crippen LogP contribution in [0.3, 0.4) is 0 Å². The summed E-state index contributed by atoms with van der Waals surface area (Å²) >= 11 is 0. The maximum absolute atomic E-state index is 11.8. The molecule has 0 saturated carbocycles. The molecule has 1 fully saturated rings. The van der Waals surface area contributed by atoms with E-state index in [9.17, 15) is 8.42 Å². The van der Waals surface area contributed by atoms with Crippen LogP contribution in [0.5, 0.6) is 0 Å². The highest BCUT2D eigenvalue weighted by Crippen LogP contribution is 2.24. The first kappa shape index (κ1) is 14.5. The van der Waals surface area contributed by atoms with Crippen LogP contribution in [0.25, 0.3) is 11.2 Å². The minimum absolute atomic E-state index is 0.191. The Labute approximate surface area is 125 Å². The maximum atomic E-state index is 11.8. The van der Waals surface area contributed by atoms with Crippen LogP contribution in [0.4, 0.5) is 0 Å². The van der Waals surface area contributed by atoms with Gasteiger partial charge in [0.1, 0.15) is 11.3 Å². The van der Waals surface area contributed by atoms with Gasteiger partial charge in [-0.1, -0.05) is 6.92 Å². The Morgan fingerprint density at radius 3 is 3.05 bits per heavy atom. The van der Waals surface area contributed by atoms with Crippen molar-refractivity contribution < 1.29 is 8.42 Å². The number of aromatic nitrogens is 3. The molecule has 114 valence electrons. The largest absolute Gasteiger partial charge is 0.313 e. The number of hydrogen-bond donors (Lipinski definition) is 0. The van der Waals surface area contributed by atoms with Gasteiger partial charge in [-0.15, -0.1) is 0 Å². The molecule has 1 saturated heterocycles. The Morgan fingerprint density at radius 1 is 1.43 bits per heavy atom. The molecule has 2 aromatic heterocycles. The summed E-state index contributed by atoms with van der Waals surface area (Å²) in [5.74, 6) is 1.82. The molecule has 0 aromatic carbocycles. The zero-order valence-corrected chi connectivity index (χ0v) is 13.1. The third kappa shape index (κ3) is 3.10. The molecule has 5 nitrogen and oxygen atoms in total. The van der Waals surface area contributed by atoms with Gasteiger partial charge in [0.05, 0.1) is 11.5 Å². The minimum atomic E-state index is -2.86. The number of rotatable bonds is 4. The first-order chi connectivity index (χ1) is 10.1. The Bertz CT molecular complexity index is 736. The molecule has 3 rings (SSSR count). The van der Waals surface area contributed by atoms with Gasteiger partial charge in [-0.2, -0.15) is 0 Å². The first-order valence-electron chi connectivity index (χ1n) is 7.59. The number of sulfone groups is 1. The molecular weight excluding hydrogens is 286 g/mol. The number of pyridine rings is 1. The van der Waals surface area contributed by atoms with Crippen LogP contribution in [0.15, 0.2) is 18.3 Å². The molecule has 0 radical (unpaired) electrons. The topological polar surface area (TPSA) is 64.8 Å². The zero-order chi connectivity index (χ0) is 14.9. The third-order valence-corrected chi connectivity index (χ3v) is 5.95. The van der Waals surface area contributed by atoms with Gasteiger partial charge in [-0.05, 0) is 37.3 Å². The average molecular weight is 307 g/mol. The molecule has 0 bridgehead atoms. The van der Waals surface area contributed by atoms with Crippen LogP contribution in [0, 0.1) is 5.92 Å². The fourth-order valence-corrected chi connectivity index (χ4v) is 4.93. The van der Waals surface area contributed by atoms with E-state index in [0.29, 0.717) is 11.5 Å². The number of fused-ring (bicyclic) bond motifs is 1. The lowest BCUT2D eigenvalue weighted by atomic mass is 10.0. The van der Waals surface area contributed by atoms with Crippen molar-refractivity contribution in [3.8, 4) is 0 Å². The van der Waals surface area contributed by atoms with E-state index in [1.807, 2.05) is 12.1 Å². The van der Waals surface area contributed by atoms with E-state index in [1.54, 1.807) is 6.20 Å².